The van der Waals surface area contributed by atoms with Gasteiger partial charge in [0.05, 0.1) is 31.1 Å². The van der Waals surface area contributed by atoms with Crippen molar-refractivity contribution < 1.29 is 19.1 Å². The molecule has 0 saturated carbocycles. The zero-order valence-corrected chi connectivity index (χ0v) is 12.6. The molecule has 1 aliphatic heterocycles. The third-order valence-electron chi connectivity index (χ3n) is 3.21. The van der Waals surface area contributed by atoms with Gasteiger partial charge in [-0.1, -0.05) is 12.1 Å². The van der Waals surface area contributed by atoms with Crippen LogP contribution in [0, 0.1) is 0 Å². The van der Waals surface area contributed by atoms with Crippen LogP contribution in [0.5, 0.6) is 0 Å². The summed E-state index contributed by atoms with van der Waals surface area (Å²) in [4.78, 5) is 23.8. The molecule has 6 nitrogen and oxygen atoms in total. The largest absolute Gasteiger partial charge is 0.462 e. The van der Waals surface area contributed by atoms with Crippen LogP contribution in [0.2, 0.25) is 0 Å². The Bertz CT molecular complexity index is 561. The summed E-state index contributed by atoms with van der Waals surface area (Å²) in [5.41, 5.74) is 1.89. The van der Waals surface area contributed by atoms with E-state index < -0.39 is 12.0 Å². The van der Waals surface area contributed by atoms with E-state index >= 15 is 0 Å². The van der Waals surface area contributed by atoms with Crippen LogP contribution in [0.3, 0.4) is 0 Å². The summed E-state index contributed by atoms with van der Waals surface area (Å²) in [6, 6.07) is 6.35. The third kappa shape index (κ3) is 4.60. The number of para-hydroxylation sites is 1. The van der Waals surface area contributed by atoms with Crippen LogP contribution in [-0.2, 0) is 9.47 Å². The topological polar surface area (TPSA) is 76.7 Å². The minimum Gasteiger partial charge on any atom is -0.462 e. The van der Waals surface area contributed by atoms with Gasteiger partial charge in [0.1, 0.15) is 0 Å². The highest BCUT2D eigenvalue weighted by atomic mass is 16.5. The van der Waals surface area contributed by atoms with Crippen molar-refractivity contribution in [2.75, 3.05) is 25.1 Å². The summed E-state index contributed by atoms with van der Waals surface area (Å²) in [6.07, 6.45) is 3.34. The molecular formula is C16H20N2O4. The third-order valence-corrected chi connectivity index (χ3v) is 3.21. The van der Waals surface area contributed by atoms with E-state index in [1.165, 1.54) is 0 Å². The first kappa shape index (κ1) is 16.0. The highest BCUT2D eigenvalue weighted by molar-refractivity contribution is 6.00. The van der Waals surface area contributed by atoms with Crippen LogP contribution in [0.25, 0.3) is 0 Å². The number of anilines is 1. The van der Waals surface area contributed by atoms with E-state index in [0.717, 1.165) is 18.4 Å². The molecule has 0 aromatic heterocycles. The number of nitrogens with one attached hydrogen (secondary N) is 2. The molecule has 0 bridgehead atoms. The summed E-state index contributed by atoms with van der Waals surface area (Å²) in [5.74, 6) is -0.457. The van der Waals surface area contributed by atoms with E-state index in [9.17, 15) is 9.59 Å². The zero-order chi connectivity index (χ0) is 15.8. The molecule has 0 aliphatic carbocycles. The van der Waals surface area contributed by atoms with Crippen LogP contribution in [0.4, 0.5) is 10.5 Å². The fourth-order valence-corrected chi connectivity index (χ4v) is 2.08. The average molecular weight is 304 g/mol. The first-order valence-electron chi connectivity index (χ1n) is 7.30. The van der Waals surface area contributed by atoms with Crippen LogP contribution in [-0.4, -0.2) is 31.8 Å². The van der Waals surface area contributed by atoms with Crippen molar-refractivity contribution in [2.45, 2.75) is 19.8 Å². The fourth-order valence-electron chi connectivity index (χ4n) is 2.08. The Hall–Kier alpha value is -2.34. The maximum atomic E-state index is 11.9. The Morgan fingerprint density at radius 3 is 2.73 bits per heavy atom. The van der Waals surface area contributed by atoms with E-state index in [4.69, 9.17) is 9.47 Å². The van der Waals surface area contributed by atoms with E-state index in [-0.39, 0.29) is 6.61 Å². The van der Waals surface area contributed by atoms with Crippen molar-refractivity contribution in [2.24, 2.45) is 0 Å². The molecule has 6 heteroatoms. The van der Waals surface area contributed by atoms with Crippen LogP contribution in [0.15, 0.2) is 36.0 Å². The molecule has 0 radical (unpaired) electrons. The van der Waals surface area contributed by atoms with Crippen molar-refractivity contribution in [3.05, 3.63) is 41.6 Å². The van der Waals surface area contributed by atoms with E-state index in [1.54, 1.807) is 37.4 Å². The van der Waals surface area contributed by atoms with Crippen LogP contribution >= 0.6 is 0 Å². The average Bonchev–Trinajstić information content (AvgIpc) is 2.54. The summed E-state index contributed by atoms with van der Waals surface area (Å²) in [5, 5.41) is 5.34. The molecule has 1 aliphatic rings. The smallest absolute Gasteiger partial charge is 0.340 e. The Morgan fingerprint density at radius 2 is 2.00 bits per heavy atom. The van der Waals surface area contributed by atoms with Gasteiger partial charge in [0, 0.05) is 6.20 Å². The van der Waals surface area contributed by atoms with Crippen molar-refractivity contribution in [3.63, 3.8) is 0 Å². The monoisotopic (exact) mass is 304 g/mol. The van der Waals surface area contributed by atoms with Gasteiger partial charge in [0.15, 0.2) is 0 Å². The van der Waals surface area contributed by atoms with Crippen molar-refractivity contribution in [1.82, 2.24) is 5.32 Å². The first-order valence-corrected chi connectivity index (χ1v) is 7.30. The molecule has 22 heavy (non-hydrogen) atoms. The number of ether oxygens (including phenoxy) is 2. The van der Waals surface area contributed by atoms with Crippen LogP contribution in [0.1, 0.15) is 30.1 Å². The second-order valence-electron chi connectivity index (χ2n) is 4.78. The summed E-state index contributed by atoms with van der Waals surface area (Å²) < 4.78 is 10.2. The molecule has 1 saturated heterocycles. The Kier molecular flexibility index (Phi) is 5.97. The van der Waals surface area contributed by atoms with Crippen LogP contribution < -0.4 is 10.6 Å². The quantitative estimate of drug-likeness (QED) is 0.838. The lowest BCUT2D eigenvalue weighted by Gasteiger charge is -2.15. The summed E-state index contributed by atoms with van der Waals surface area (Å²) >= 11 is 0. The number of benzene rings is 1. The van der Waals surface area contributed by atoms with E-state index in [1.807, 2.05) is 0 Å². The standard InChI is InChI=1S/C16H20N2O4/c1-2-22-15(19)13-5-3-4-6-14(13)18-16(20)17-11-12-7-9-21-10-8-12/h3-6,11H,2,7-10H2,1H3,(H2,17,18,20). The minimum atomic E-state index is -0.457. The lowest BCUT2D eigenvalue weighted by molar-refractivity contribution is 0.0527. The molecule has 118 valence electrons. The molecule has 2 amide bonds. The van der Waals surface area contributed by atoms with Gasteiger partial charge in [-0.3, -0.25) is 0 Å². The summed E-state index contributed by atoms with van der Waals surface area (Å²) in [7, 11) is 0. The van der Waals surface area contributed by atoms with Gasteiger partial charge >= 0.3 is 12.0 Å². The minimum absolute atomic E-state index is 0.285. The number of hydrogen-bond donors (Lipinski definition) is 2. The maximum Gasteiger partial charge on any atom is 0.340 e. The van der Waals surface area contributed by atoms with Gasteiger partial charge in [-0.2, -0.15) is 0 Å². The van der Waals surface area contributed by atoms with Gasteiger partial charge in [-0.25, -0.2) is 9.59 Å². The molecule has 1 fully saturated rings. The van der Waals surface area contributed by atoms with Gasteiger partial charge in [-0.05, 0) is 37.5 Å². The lowest BCUT2D eigenvalue weighted by atomic mass is 10.1. The second kappa shape index (κ2) is 8.19. The Balaban J connectivity index is 1.97. The SMILES string of the molecule is CCOC(=O)c1ccccc1NC(=O)NC=C1CCOCC1. The number of urea groups is 1. The molecular weight excluding hydrogens is 284 g/mol. The molecule has 1 heterocycles. The van der Waals surface area contributed by atoms with Gasteiger partial charge in [0.25, 0.3) is 0 Å². The van der Waals surface area contributed by atoms with Crippen molar-refractivity contribution in [3.8, 4) is 0 Å². The molecule has 1 aromatic carbocycles. The Labute approximate surface area is 129 Å². The maximum absolute atomic E-state index is 11.9. The number of esters is 1. The highest BCUT2D eigenvalue weighted by Crippen LogP contribution is 2.16. The Morgan fingerprint density at radius 1 is 1.27 bits per heavy atom. The predicted molar refractivity (Wildman–Crippen MR) is 82.7 cm³/mol. The van der Waals surface area contributed by atoms with E-state index in [2.05, 4.69) is 10.6 Å². The normalized spacial score (nSPS) is 14.1. The zero-order valence-electron chi connectivity index (χ0n) is 12.6. The van der Waals surface area contributed by atoms with Gasteiger partial charge in [-0.15, -0.1) is 0 Å². The van der Waals surface area contributed by atoms with Gasteiger partial charge in [0.2, 0.25) is 0 Å². The highest BCUT2D eigenvalue weighted by Gasteiger charge is 2.13. The predicted octanol–water partition coefficient (Wildman–Crippen LogP) is 2.68. The first-order chi connectivity index (χ1) is 10.7. The number of amides is 2. The molecule has 2 N–H and O–H groups in total. The van der Waals surface area contributed by atoms with Crippen molar-refractivity contribution >= 4 is 17.7 Å². The van der Waals surface area contributed by atoms with E-state index in [0.29, 0.717) is 24.5 Å². The van der Waals surface area contributed by atoms with Gasteiger partial charge < -0.3 is 20.1 Å². The van der Waals surface area contributed by atoms with Crippen molar-refractivity contribution in [1.29, 1.82) is 0 Å². The lowest BCUT2D eigenvalue weighted by Crippen LogP contribution is -2.26. The second-order valence-corrected chi connectivity index (χ2v) is 4.78. The molecule has 0 spiro atoms. The number of rotatable bonds is 4. The number of hydrogen-bond acceptors (Lipinski definition) is 4. The molecule has 2 rings (SSSR count). The molecule has 1 aromatic rings. The molecule has 0 unspecified atom stereocenters. The summed E-state index contributed by atoms with van der Waals surface area (Å²) in [6.45, 7) is 3.38. The number of carbonyl (C=O) groups excluding carboxylic acids is 2. The fraction of sp³-hybridized carbons (Fsp3) is 0.375. The molecule has 0 atom stereocenters. The number of carbonyl (C=O) groups is 2.